The van der Waals surface area contributed by atoms with Gasteiger partial charge >= 0.3 is 0 Å². The van der Waals surface area contributed by atoms with Gasteiger partial charge in [-0.1, -0.05) is 30.3 Å². The first-order chi connectivity index (χ1) is 4.33. The second kappa shape index (κ2) is 2.48. The quantitative estimate of drug-likeness (QED) is 0.573. The van der Waals surface area contributed by atoms with Gasteiger partial charge in [0, 0.05) is 6.54 Å². The Kier molecular flexibility index (Phi) is 1.27. The highest BCUT2D eigenvalue weighted by Gasteiger charge is 1.80. The van der Waals surface area contributed by atoms with Crippen molar-refractivity contribution in [3.8, 4) is 0 Å². The first-order valence-corrected chi connectivity index (χ1v) is 2.58. The maximum Gasteiger partial charge on any atom is 0.0623 e. The van der Waals surface area contributed by atoms with Gasteiger partial charge in [-0.3, -0.25) is 0 Å². The molecule has 0 saturated carbocycles. The molecule has 1 aromatic rings. The predicted octanol–water partition coefficient (Wildman–Crippen LogP) is 1.15. The van der Waals surface area contributed by atoms with Crippen molar-refractivity contribution in [3.63, 3.8) is 0 Å². The highest BCUT2D eigenvalue weighted by Crippen LogP contribution is 1.94. The smallest absolute Gasteiger partial charge is 0.0623 e. The normalized spacial score (nSPS) is 10.9. The number of rotatable bonds is 1. The third-order valence-electron chi connectivity index (χ3n) is 1.02. The molecule has 1 nitrogen and oxygen atoms in total. The molecule has 0 heterocycles. The monoisotopic (exact) mass is 108 g/mol. The van der Waals surface area contributed by atoms with Gasteiger partial charge in [0.15, 0.2) is 0 Å². The molecule has 0 aliphatic heterocycles. The Labute approximate surface area is 50.5 Å². The Bertz CT molecular complexity index is 181. The SMILES string of the molecule is [2H]c1ccc(CN)cc1. The van der Waals surface area contributed by atoms with Gasteiger partial charge in [0.05, 0.1) is 1.37 Å². The van der Waals surface area contributed by atoms with E-state index in [2.05, 4.69) is 0 Å². The van der Waals surface area contributed by atoms with E-state index in [1.807, 2.05) is 12.1 Å². The Morgan fingerprint density at radius 2 is 2.12 bits per heavy atom. The summed E-state index contributed by atoms with van der Waals surface area (Å²) in [6, 6.07) is 7.74. The molecule has 0 saturated heterocycles. The molecule has 0 bridgehead atoms. The Morgan fingerprint density at radius 1 is 1.50 bits per heavy atom. The Hall–Kier alpha value is -0.820. The van der Waals surface area contributed by atoms with Crippen LogP contribution < -0.4 is 5.73 Å². The van der Waals surface area contributed by atoms with Gasteiger partial charge in [0.25, 0.3) is 0 Å². The summed E-state index contributed by atoms with van der Waals surface area (Å²) in [7, 11) is 0. The minimum absolute atomic E-state index is 0.534. The van der Waals surface area contributed by atoms with Gasteiger partial charge in [-0.15, -0.1) is 0 Å². The van der Waals surface area contributed by atoms with Crippen molar-refractivity contribution in [2.24, 2.45) is 5.73 Å². The number of hydrogen-bond acceptors (Lipinski definition) is 1. The summed E-state index contributed by atoms with van der Waals surface area (Å²) in [5, 5.41) is 0. The number of hydrogen-bond donors (Lipinski definition) is 1. The van der Waals surface area contributed by atoms with E-state index >= 15 is 0 Å². The molecular formula is C7H9N. The van der Waals surface area contributed by atoms with Crippen LogP contribution >= 0.6 is 0 Å². The van der Waals surface area contributed by atoms with Gasteiger partial charge in [-0.25, -0.2) is 0 Å². The molecule has 0 amide bonds. The van der Waals surface area contributed by atoms with E-state index in [1.54, 1.807) is 12.1 Å². The molecule has 1 heteroatoms. The van der Waals surface area contributed by atoms with E-state index < -0.39 is 0 Å². The van der Waals surface area contributed by atoms with E-state index in [-0.39, 0.29) is 0 Å². The summed E-state index contributed by atoms with van der Waals surface area (Å²) >= 11 is 0. The van der Waals surface area contributed by atoms with Crippen molar-refractivity contribution in [1.29, 1.82) is 0 Å². The molecule has 2 N–H and O–H groups in total. The molecule has 1 rings (SSSR count). The molecular weight excluding hydrogens is 98.1 g/mol. The van der Waals surface area contributed by atoms with Crippen LogP contribution in [0.15, 0.2) is 30.3 Å². The zero-order valence-corrected chi connectivity index (χ0v) is 4.59. The summed E-state index contributed by atoms with van der Waals surface area (Å²) < 4.78 is 7.13. The Balaban J connectivity index is 2.88. The van der Waals surface area contributed by atoms with Crippen LogP contribution in [-0.4, -0.2) is 0 Å². The lowest BCUT2D eigenvalue weighted by Gasteiger charge is -1.90. The van der Waals surface area contributed by atoms with Crippen LogP contribution in [0.4, 0.5) is 0 Å². The van der Waals surface area contributed by atoms with E-state index in [0.717, 1.165) is 5.56 Å². The zero-order chi connectivity index (χ0) is 6.69. The maximum atomic E-state index is 7.13. The molecule has 8 heavy (non-hydrogen) atoms. The minimum Gasteiger partial charge on any atom is -0.326 e. The molecule has 0 aliphatic rings. The molecule has 0 aromatic heterocycles. The van der Waals surface area contributed by atoms with Crippen LogP contribution in [0.5, 0.6) is 0 Å². The third-order valence-corrected chi connectivity index (χ3v) is 1.02. The fourth-order valence-corrected chi connectivity index (χ4v) is 0.557. The summed E-state index contributed by atoms with van der Waals surface area (Å²) in [4.78, 5) is 0. The minimum atomic E-state index is 0.534. The summed E-state index contributed by atoms with van der Waals surface area (Å²) in [5.74, 6) is 0. The zero-order valence-electron chi connectivity index (χ0n) is 5.59. The lowest BCUT2D eigenvalue weighted by Crippen LogP contribution is -1.94. The number of nitrogens with two attached hydrogens (primary N) is 1. The fourth-order valence-electron chi connectivity index (χ4n) is 0.557. The van der Waals surface area contributed by atoms with E-state index in [4.69, 9.17) is 7.10 Å². The van der Waals surface area contributed by atoms with E-state index in [0.29, 0.717) is 12.6 Å². The van der Waals surface area contributed by atoms with Crippen molar-refractivity contribution in [2.45, 2.75) is 6.54 Å². The van der Waals surface area contributed by atoms with Crippen molar-refractivity contribution >= 4 is 0 Å². The standard InChI is InChI=1S/C7H9N/c8-6-7-4-2-1-3-5-7/h1-5H,6,8H2/i1D. The molecule has 0 fully saturated rings. The van der Waals surface area contributed by atoms with Crippen LogP contribution in [0, 0.1) is 0 Å². The average molecular weight is 108 g/mol. The lowest BCUT2D eigenvalue weighted by molar-refractivity contribution is 1.07. The molecule has 1 aromatic carbocycles. The lowest BCUT2D eigenvalue weighted by atomic mass is 10.2. The van der Waals surface area contributed by atoms with Crippen LogP contribution in [0.25, 0.3) is 0 Å². The predicted molar refractivity (Wildman–Crippen MR) is 34.3 cm³/mol. The van der Waals surface area contributed by atoms with Crippen molar-refractivity contribution in [3.05, 3.63) is 35.9 Å². The van der Waals surface area contributed by atoms with Gasteiger partial charge in [-0.05, 0) is 5.56 Å². The van der Waals surface area contributed by atoms with Crippen LogP contribution in [0.3, 0.4) is 0 Å². The van der Waals surface area contributed by atoms with Gasteiger partial charge in [0.1, 0.15) is 0 Å². The van der Waals surface area contributed by atoms with Crippen molar-refractivity contribution in [2.75, 3.05) is 0 Å². The third kappa shape index (κ3) is 1.07. The molecule has 0 aliphatic carbocycles. The second-order valence-electron chi connectivity index (χ2n) is 1.61. The van der Waals surface area contributed by atoms with Gasteiger partial charge < -0.3 is 5.73 Å². The van der Waals surface area contributed by atoms with Gasteiger partial charge in [-0.2, -0.15) is 0 Å². The molecule has 0 unspecified atom stereocenters. The first kappa shape index (κ1) is 4.10. The first-order valence-electron chi connectivity index (χ1n) is 3.08. The largest absolute Gasteiger partial charge is 0.326 e. The summed E-state index contributed by atoms with van der Waals surface area (Å²) in [5.41, 5.74) is 6.41. The second-order valence-corrected chi connectivity index (χ2v) is 1.61. The van der Waals surface area contributed by atoms with Crippen molar-refractivity contribution < 1.29 is 1.37 Å². The summed E-state index contributed by atoms with van der Waals surface area (Å²) in [6.45, 7) is 0.556. The Morgan fingerprint density at radius 3 is 2.62 bits per heavy atom. The molecule has 0 spiro atoms. The molecule has 0 radical (unpaired) electrons. The molecule has 0 atom stereocenters. The van der Waals surface area contributed by atoms with E-state index in [9.17, 15) is 0 Å². The number of benzene rings is 1. The van der Waals surface area contributed by atoms with Crippen LogP contribution in [-0.2, 0) is 6.54 Å². The summed E-state index contributed by atoms with van der Waals surface area (Å²) in [6.07, 6.45) is 0. The highest BCUT2D eigenvalue weighted by molar-refractivity contribution is 5.13. The molecule has 42 valence electrons. The highest BCUT2D eigenvalue weighted by atomic mass is 14.5. The fraction of sp³-hybridized carbons (Fsp3) is 0.143. The van der Waals surface area contributed by atoms with Gasteiger partial charge in [0.2, 0.25) is 0 Å². The average Bonchev–Trinajstić information content (AvgIpc) is 1.90. The topological polar surface area (TPSA) is 26.0 Å². The van der Waals surface area contributed by atoms with Crippen LogP contribution in [0.1, 0.15) is 6.93 Å². The van der Waals surface area contributed by atoms with Crippen molar-refractivity contribution in [1.82, 2.24) is 0 Å². The maximum absolute atomic E-state index is 7.13. The van der Waals surface area contributed by atoms with E-state index in [1.165, 1.54) is 0 Å². The van der Waals surface area contributed by atoms with Crippen LogP contribution in [0.2, 0.25) is 0 Å².